The van der Waals surface area contributed by atoms with E-state index in [4.69, 9.17) is 5.11 Å². The molecule has 1 N–H and O–H groups in total. The molecule has 5 aromatic rings. The van der Waals surface area contributed by atoms with Crippen LogP contribution in [0.25, 0.3) is 22.0 Å². The van der Waals surface area contributed by atoms with E-state index in [1.807, 2.05) is 54.6 Å². The van der Waals surface area contributed by atoms with Crippen LogP contribution in [0.3, 0.4) is 0 Å². The Balaban J connectivity index is 1.62. The van der Waals surface area contributed by atoms with Gasteiger partial charge in [-0.3, -0.25) is 9.78 Å². The van der Waals surface area contributed by atoms with E-state index in [0.717, 1.165) is 22.8 Å². The minimum absolute atomic E-state index is 0.0930. The van der Waals surface area contributed by atoms with E-state index in [-0.39, 0.29) is 11.9 Å². The maximum atomic E-state index is 13.8. The summed E-state index contributed by atoms with van der Waals surface area (Å²) >= 11 is 0. The number of nitrogens with zero attached hydrogens (tertiary/aromatic N) is 1. The first-order valence-corrected chi connectivity index (χ1v) is 12.2. The van der Waals surface area contributed by atoms with Crippen LogP contribution in [-0.2, 0) is 23.8 Å². The van der Waals surface area contributed by atoms with Crippen LogP contribution in [0.4, 0.5) is 13.2 Å². The van der Waals surface area contributed by atoms with Crippen molar-refractivity contribution in [3.05, 3.63) is 137 Å². The summed E-state index contributed by atoms with van der Waals surface area (Å²) in [6.45, 7) is 0. The second-order valence-electron chi connectivity index (χ2n) is 9.12. The van der Waals surface area contributed by atoms with Crippen molar-refractivity contribution in [1.82, 2.24) is 4.98 Å². The normalized spacial score (nSPS) is 11.2. The van der Waals surface area contributed by atoms with Gasteiger partial charge >= 0.3 is 12.1 Å². The first kappa shape index (κ1) is 25.7. The molecule has 0 aliphatic rings. The molecule has 4 aromatic carbocycles. The van der Waals surface area contributed by atoms with Crippen LogP contribution in [0.15, 0.2) is 103 Å². The Bertz CT molecular complexity index is 1730. The van der Waals surface area contributed by atoms with E-state index < -0.39 is 17.7 Å². The highest BCUT2D eigenvalue weighted by Gasteiger charge is 2.33. The number of pyridine rings is 1. The molecule has 0 aliphatic carbocycles. The molecule has 5 rings (SSSR count). The molecule has 1 aromatic heterocycles. The van der Waals surface area contributed by atoms with E-state index in [0.29, 0.717) is 34.1 Å². The topological polar surface area (TPSA) is 50.2 Å². The van der Waals surface area contributed by atoms with Gasteiger partial charge in [-0.05, 0) is 64.6 Å². The molecular formula is C33H22F3NO2. The summed E-state index contributed by atoms with van der Waals surface area (Å²) in [6, 6.07) is 28.3. The van der Waals surface area contributed by atoms with Crippen LogP contribution in [-0.4, -0.2) is 16.1 Å². The lowest BCUT2D eigenvalue weighted by atomic mass is 9.91. The Morgan fingerprint density at radius 3 is 2.18 bits per heavy atom. The van der Waals surface area contributed by atoms with E-state index in [2.05, 4.69) is 16.8 Å². The van der Waals surface area contributed by atoms with Gasteiger partial charge in [0.2, 0.25) is 0 Å². The molecule has 0 bridgehead atoms. The number of hydrogen-bond donors (Lipinski definition) is 1. The average molecular weight is 522 g/mol. The van der Waals surface area contributed by atoms with Gasteiger partial charge in [0.1, 0.15) is 0 Å². The van der Waals surface area contributed by atoms with Crippen LogP contribution in [0, 0.1) is 11.8 Å². The van der Waals surface area contributed by atoms with Crippen molar-refractivity contribution in [2.24, 2.45) is 0 Å². The molecule has 0 atom stereocenters. The van der Waals surface area contributed by atoms with Crippen molar-refractivity contribution in [1.29, 1.82) is 0 Å². The lowest BCUT2D eigenvalue weighted by Gasteiger charge is -2.16. The molecule has 0 radical (unpaired) electrons. The van der Waals surface area contributed by atoms with Crippen molar-refractivity contribution >= 4 is 16.9 Å². The number of aromatic nitrogens is 1. The van der Waals surface area contributed by atoms with Gasteiger partial charge in [-0.25, -0.2) is 0 Å². The zero-order valence-electron chi connectivity index (χ0n) is 20.7. The zero-order chi connectivity index (χ0) is 27.4. The van der Waals surface area contributed by atoms with Crippen molar-refractivity contribution in [3.8, 4) is 23.0 Å². The van der Waals surface area contributed by atoms with Crippen LogP contribution in [0.1, 0.15) is 33.4 Å². The summed E-state index contributed by atoms with van der Waals surface area (Å²) in [5, 5.41) is 9.48. The molecule has 0 aliphatic heterocycles. The maximum Gasteiger partial charge on any atom is 0.418 e. The number of alkyl halides is 3. The molecule has 0 unspecified atom stereocenters. The summed E-state index contributed by atoms with van der Waals surface area (Å²) in [4.78, 5) is 15.3. The van der Waals surface area contributed by atoms with Crippen LogP contribution in [0.5, 0.6) is 0 Å². The second kappa shape index (κ2) is 10.8. The highest BCUT2D eigenvalue weighted by Crippen LogP contribution is 2.39. The van der Waals surface area contributed by atoms with Crippen molar-refractivity contribution in [3.63, 3.8) is 0 Å². The molecule has 0 fully saturated rings. The third-order valence-corrected chi connectivity index (χ3v) is 6.30. The summed E-state index contributed by atoms with van der Waals surface area (Å²) in [5.41, 5.74) is 4.38. The lowest BCUT2D eigenvalue weighted by molar-refractivity contribution is -0.137. The SMILES string of the molecule is O=C(O)Cc1cccc(C#Cc2cccc(-c3c(Cc4ccccc4)cnc4c(C(F)(F)F)cccc34)c2)c1. The van der Waals surface area contributed by atoms with Gasteiger partial charge in [-0.1, -0.05) is 78.6 Å². The number of para-hydroxylation sites is 1. The number of halogens is 3. The highest BCUT2D eigenvalue weighted by atomic mass is 19.4. The lowest BCUT2D eigenvalue weighted by Crippen LogP contribution is -2.07. The number of hydrogen-bond acceptors (Lipinski definition) is 2. The third kappa shape index (κ3) is 6.00. The number of carboxylic acid groups (broad SMARTS) is 1. The predicted octanol–water partition coefficient (Wildman–Crippen LogP) is 7.54. The van der Waals surface area contributed by atoms with Gasteiger partial charge in [-0.2, -0.15) is 13.2 Å². The molecule has 0 saturated carbocycles. The Labute approximate surface area is 223 Å². The van der Waals surface area contributed by atoms with Crippen LogP contribution < -0.4 is 0 Å². The average Bonchev–Trinajstić information content (AvgIpc) is 2.91. The van der Waals surface area contributed by atoms with Crippen LogP contribution >= 0.6 is 0 Å². The van der Waals surface area contributed by atoms with E-state index in [1.165, 1.54) is 12.3 Å². The smallest absolute Gasteiger partial charge is 0.418 e. The van der Waals surface area contributed by atoms with Gasteiger partial charge in [0.25, 0.3) is 0 Å². The maximum absolute atomic E-state index is 13.8. The largest absolute Gasteiger partial charge is 0.481 e. The van der Waals surface area contributed by atoms with Crippen molar-refractivity contribution < 1.29 is 23.1 Å². The molecule has 1 heterocycles. The number of benzene rings is 4. The number of carbonyl (C=O) groups is 1. The van der Waals surface area contributed by atoms with Gasteiger partial charge < -0.3 is 5.11 Å². The summed E-state index contributed by atoms with van der Waals surface area (Å²) in [7, 11) is 0. The van der Waals surface area contributed by atoms with Gasteiger partial charge in [0, 0.05) is 22.7 Å². The molecule has 3 nitrogen and oxygen atoms in total. The second-order valence-corrected chi connectivity index (χ2v) is 9.12. The van der Waals surface area contributed by atoms with E-state index in [1.54, 1.807) is 30.3 Å². The summed E-state index contributed by atoms with van der Waals surface area (Å²) in [5.74, 6) is 5.26. The Morgan fingerprint density at radius 2 is 1.46 bits per heavy atom. The monoisotopic (exact) mass is 521 g/mol. The number of aliphatic carboxylic acids is 1. The Kier molecular flexibility index (Phi) is 7.16. The quantitative estimate of drug-likeness (QED) is 0.243. The fourth-order valence-corrected chi connectivity index (χ4v) is 4.61. The summed E-state index contributed by atoms with van der Waals surface area (Å²) < 4.78 is 41.5. The molecule has 192 valence electrons. The number of fused-ring (bicyclic) bond motifs is 1. The van der Waals surface area contributed by atoms with Crippen LogP contribution in [0.2, 0.25) is 0 Å². The fraction of sp³-hybridized carbons (Fsp3) is 0.0909. The third-order valence-electron chi connectivity index (χ3n) is 6.30. The van der Waals surface area contributed by atoms with E-state index in [9.17, 15) is 18.0 Å². The first-order valence-electron chi connectivity index (χ1n) is 12.2. The highest BCUT2D eigenvalue weighted by molar-refractivity contribution is 5.98. The fourth-order valence-electron chi connectivity index (χ4n) is 4.61. The Hall–Kier alpha value is -4.89. The van der Waals surface area contributed by atoms with Crippen molar-refractivity contribution in [2.75, 3.05) is 0 Å². The summed E-state index contributed by atoms with van der Waals surface area (Å²) in [6.07, 6.45) is -2.59. The molecule has 6 heteroatoms. The standard InChI is InChI=1S/C33H22F3NO2/c34-33(35,36)29-14-6-13-28-31(27(21-37-32(28)29)19-22-7-2-1-3-8-22)26-12-5-10-24(18-26)16-15-23-9-4-11-25(17-23)20-30(38)39/h1-14,17-18,21H,19-20H2,(H,38,39). The zero-order valence-corrected chi connectivity index (χ0v) is 20.7. The van der Waals surface area contributed by atoms with Gasteiger partial charge in [-0.15, -0.1) is 0 Å². The molecule has 0 amide bonds. The van der Waals surface area contributed by atoms with Gasteiger partial charge in [0.05, 0.1) is 17.5 Å². The molecular weight excluding hydrogens is 499 g/mol. The molecule has 0 saturated heterocycles. The minimum atomic E-state index is -4.53. The predicted molar refractivity (Wildman–Crippen MR) is 145 cm³/mol. The van der Waals surface area contributed by atoms with Crippen molar-refractivity contribution in [2.45, 2.75) is 19.0 Å². The van der Waals surface area contributed by atoms with E-state index >= 15 is 0 Å². The minimum Gasteiger partial charge on any atom is -0.481 e. The molecule has 0 spiro atoms. The first-order chi connectivity index (χ1) is 18.8. The van der Waals surface area contributed by atoms with Gasteiger partial charge in [0.15, 0.2) is 0 Å². The molecule has 39 heavy (non-hydrogen) atoms. The Morgan fingerprint density at radius 1 is 0.795 bits per heavy atom. The number of carboxylic acids is 1. The number of rotatable bonds is 5.